The predicted octanol–water partition coefficient (Wildman–Crippen LogP) is 1.38. The molecule has 8 heteroatoms. The Balaban J connectivity index is 2.28. The molecule has 0 spiro atoms. The number of ether oxygens (including phenoxy) is 2. The molecular formula is C16H19N3O5. The highest BCUT2D eigenvalue weighted by atomic mass is 16.5. The number of hydrogen-bond donors (Lipinski definition) is 2. The standard InChI is InChI=1S/C16H19N3O5/c1-19-9-11(8-17-19)16(22)18-12(7-15(20)21)10-4-5-13(23-2)14(6-10)24-3/h4-6,8-9,12H,7H2,1-3H3,(H,18,22)(H,20,21). The number of methoxy groups -OCH3 is 2. The van der Waals surface area contributed by atoms with Crippen molar-refractivity contribution in [2.24, 2.45) is 7.05 Å². The van der Waals surface area contributed by atoms with Gasteiger partial charge in [-0.2, -0.15) is 5.10 Å². The van der Waals surface area contributed by atoms with Crippen molar-refractivity contribution >= 4 is 11.9 Å². The summed E-state index contributed by atoms with van der Waals surface area (Å²) >= 11 is 0. The van der Waals surface area contributed by atoms with E-state index < -0.39 is 17.9 Å². The molecule has 0 aliphatic carbocycles. The number of carbonyl (C=O) groups is 2. The molecule has 2 aromatic rings. The number of carboxylic acids is 1. The minimum Gasteiger partial charge on any atom is -0.493 e. The summed E-state index contributed by atoms with van der Waals surface area (Å²) in [5.74, 6) is -0.444. The molecule has 1 unspecified atom stereocenters. The van der Waals surface area contributed by atoms with E-state index in [0.29, 0.717) is 22.6 Å². The number of hydrogen-bond acceptors (Lipinski definition) is 5. The number of aliphatic carboxylic acids is 1. The average Bonchev–Trinajstić information content (AvgIpc) is 2.99. The van der Waals surface area contributed by atoms with Gasteiger partial charge in [0.2, 0.25) is 0 Å². The molecule has 1 amide bonds. The second-order valence-corrected chi connectivity index (χ2v) is 5.14. The average molecular weight is 333 g/mol. The maximum Gasteiger partial charge on any atom is 0.305 e. The lowest BCUT2D eigenvalue weighted by atomic mass is 10.0. The van der Waals surface area contributed by atoms with Crippen LogP contribution in [0, 0.1) is 0 Å². The molecule has 2 rings (SSSR count). The summed E-state index contributed by atoms with van der Waals surface area (Å²) in [5.41, 5.74) is 0.959. The first-order valence-corrected chi connectivity index (χ1v) is 7.17. The van der Waals surface area contributed by atoms with Crippen LogP contribution in [-0.2, 0) is 11.8 Å². The van der Waals surface area contributed by atoms with E-state index in [9.17, 15) is 9.59 Å². The topological polar surface area (TPSA) is 103 Å². The maximum atomic E-state index is 12.3. The van der Waals surface area contributed by atoms with Gasteiger partial charge < -0.3 is 19.9 Å². The minimum absolute atomic E-state index is 0.262. The first-order valence-electron chi connectivity index (χ1n) is 7.17. The third kappa shape index (κ3) is 4.03. The zero-order chi connectivity index (χ0) is 17.7. The van der Waals surface area contributed by atoms with Crippen molar-refractivity contribution in [1.82, 2.24) is 15.1 Å². The van der Waals surface area contributed by atoms with Crippen LogP contribution in [0.25, 0.3) is 0 Å². The van der Waals surface area contributed by atoms with E-state index >= 15 is 0 Å². The van der Waals surface area contributed by atoms with Crippen molar-refractivity contribution in [1.29, 1.82) is 0 Å². The SMILES string of the molecule is COc1ccc(C(CC(=O)O)NC(=O)c2cnn(C)c2)cc1OC. The Morgan fingerprint density at radius 2 is 2.00 bits per heavy atom. The third-order valence-electron chi connectivity index (χ3n) is 3.46. The molecule has 0 saturated heterocycles. The molecule has 0 aliphatic heterocycles. The molecule has 0 bridgehead atoms. The number of amides is 1. The summed E-state index contributed by atoms with van der Waals surface area (Å²) < 4.78 is 11.9. The largest absolute Gasteiger partial charge is 0.493 e. The summed E-state index contributed by atoms with van der Waals surface area (Å²) in [4.78, 5) is 23.4. The Bertz CT molecular complexity index is 741. The zero-order valence-electron chi connectivity index (χ0n) is 13.6. The lowest BCUT2D eigenvalue weighted by molar-refractivity contribution is -0.137. The van der Waals surface area contributed by atoms with Crippen LogP contribution in [0.15, 0.2) is 30.6 Å². The molecule has 1 heterocycles. The number of carboxylic acid groups (broad SMARTS) is 1. The number of nitrogens with zero attached hydrogens (tertiary/aromatic N) is 2. The van der Waals surface area contributed by atoms with E-state index in [1.165, 1.54) is 25.1 Å². The van der Waals surface area contributed by atoms with Crippen LogP contribution in [0.3, 0.4) is 0 Å². The van der Waals surface area contributed by atoms with Crippen molar-refractivity contribution in [2.45, 2.75) is 12.5 Å². The lowest BCUT2D eigenvalue weighted by Crippen LogP contribution is -2.30. The highest BCUT2D eigenvalue weighted by Gasteiger charge is 2.21. The molecule has 1 atom stereocenters. The molecule has 1 aromatic heterocycles. The van der Waals surface area contributed by atoms with Gasteiger partial charge in [0.1, 0.15) is 0 Å². The van der Waals surface area contributed by atoms with Crippen LogP contribution in [0.4, 0.5) is 0 Å². The number of aromatic nitrogens is 2. The van der Waals surface area contributed by atoms with E-state index in [0.717, 1.165) is 0 Å². The van der Waals surface area contributed by atoms with Crippen LogP contribution in [0.5, 0.6) is 11.5 Å². The van der Waals surface area contributed by atoms with Crippen molar-refractivity contribution in [3.8, 4) is 11.5 Å². The van der Waals surface area contributed by atoms with Crippen LogP contribution in [0.1, 0.15) is 28.4 Å². The fourth-order valence-electron chi connectivity index (χ4n) is 2.28. The van der Waals surface area contributed by atoms with Gasteiger partial charge in [-0.3, -0.25) is 14.3 Å². The Labute approximate surface area is 139 Å². The van der Waals surface area contributed by atoms with Crippen LogP contribution in [0.2, 0.25) is 0 Å². The molecule has 2 N–H and O–H groups in total. The second kappa shape index (κ2) is 7.49. The van der Waals surface area contributed by atoms with Gasteiger partial charge in [-0.15, -0.1) is 0 Å². The number of rotatable bonds is 7. The van der Waals surface area contributed by atoms with E-state index in [1.807, 2.05) is 0 Å². The minimum atomic E-state index is -1.03. The van der Waals surface area contributed by atoms with Gasteiger partial charge in [0.25, 0.3) is 5.91 Å². The van der Waals surface area contributed by atoms with E-state index in [4.69, 9.17) is 14.6 Å². The Morgan fingerprint density at radius 1 is 1.29 bits per heavy atom. The van der Waals surface area contributed by atoms with Gasteiger partial charge in [0, 0.05) is 13.2 Å². The molecular weight excluding hydrogens is 314 g/mol. The van der Waals surface area contributed by atoms with Gasteiger partial charge in [0.05, 0.1) is 38.4 Å². The molecule has 0 radical (unpaired) electrons. The van der Waals surface area contributed by atoms with Crippen LogP contribution >= 0.6 is 0 Å². The Hall–Kier alpha value is -3.03. The fraction of sp³-hybridized carbons (Fsp3) is 0.312. The zero-order valence-corrected chi connectivity index (χ0v) is 13.6. The quantitative estimate of drug-likeness (QED) is 0.793. The van der Waals surface area contributed by atoms with Crippen LogP contribution in [-0.4, -0.2) is 41.0 Å². The summed E-state index contributed by atoms with van der Waals surface area (Å²) in [7, 11) is 4.69. The number of aryl methyl sites for hydroxylation is 1. The number of benzene rings is 1. The monoisotopic (exact) mass is 333 g/mol. The highest BCUT2D eigenvalue weighted by molar-refractivity contribution is 5.94. The molecule has 1 aromatic carbocycles. The smallest absolute Gasteiger partial charge is 0.305 e. The summed E-state index contributed by atoms with van der Waals surface area (Å²) in [6.45, 7) is 0. The molecule has 0 fully saturated rings. The predicted molar refractivity (Wildman–Crippen MR) is 85.2 cm³/mol. The van der Waals surface area contributed by atoms with Gasteiger partial charge in [-0.05, 0) is 17.7 Å². The van der Waals surface area contributed by atoms with Gasteiger partial charge >= 0.3 is 5.97 Å². The number of nitrogens with one attached hydrogen (secondary N) is 1. The van der Waals surface area contributed by atoms with Crippen LogP contribution < -0.4 is 14.8 Å². The van der Waals surface area contributed by atoms with Crippen molar-refractivity contribution in [2.75, 3.05) is 14.2 Å². The maximum absolute atomic E-state index is 12.3. The summed E-state index contributed by atoms with van der Waals surface area (Å²) in [6, 6.07) is 4.29. The van der Waals surface area contributed by atoms with Crippen molar-refractivity contribution in [3.05, 3.63) is 41.7 Å². The van der Waals surface area contributed by atoms with Gasteiger partial charge in [-0.1, -0.05) is 6.07 Å². The first-order chi connectivity index (χ1) is 11.4. The summed E-state index contributed by atoms with van der Waals surface area (Å²) in [6.07, 6.45) is 2.71. The van der Waals surface area contributed by atoms with E-state index in [2.05, 4.69) is 10.4 Å². The highest BCUT2D eigenvalue weighted by Crippen LogP contribution is 2.31. The Morgan fingerprint density at radius 3 is 2.54 bits per heavy atom. The van der Waals surface area contributed by atoms with Gasteiger partial charge in [-0.25, -0.2) is 0 Å². The molecule has 24 heavy (non-hydrogen) atoms. The molecule has 0 saturated carbocycles. The normalized spacial score (nSPS) is 11.6. The molecule has 128 valence electrons. The Kier molecular flexibility index (Phi) is 5.41. The summed E-state index contributed by atoms with van der Waals surface area (Å²) in [5, 5.41) is 15.8. The molecule has 8 nitrogen and oxygen atoms in total. The van der Waals surface area contributed by atoms with Crippen molar-refractivity contribution in [3.63, 3.8) is 0 Å². The molecule has 0 aliphatic rings. The van der Waals surface area contributed by atoms with Crippen molar-refractivity contribution < 1.29 is 24.2 Å². The van der Waals surface area contributed by atoms with E-state index in [-0.39, 0.29) is 6.42 Å². The number of carbonyl (C=O) groups excluding carboxylic acids is 1. The second-order valence-electron chi connectivity index (χ2n) is 5.14. The fourth-order valence-corrected chi connectivity index (χ4v) is 2.28. The van der Waals surface area contributed by atoms with Gasteiger partial charge in [0.15, 0.2) is 11.5 Å². The lowest BCUT2D eigenvalue weighted by Gasteiger charge is -2.18. The first kappa shape index (κ1) is 17.3. The third-order valence-corrected chi connectivity index (χ3v) is 3.46. The van der Waals surface area contributed by atoms with E-state index in [1.54, 1.807) is 31.4 Å².